The largest absolute Gasteiger partial charge is 0.383 e. The molecule has 0 aliphatic rings. The first-order chi connectivity index (χ1) is 8.16. The van der Waals surface area contributed by atoms with Crippen LogP contribution in [0.1, 0.15) is 25.5 Å². The minimum absolute atomic E-state index is 0.330. The van der Waals surface area contributed by atoms with Crippen molar-refractivity contribution in [2.75, 3.05) is 0 Å². The Balaban J connectivity index is 2.24. The van der Waals surface area contributed by atoms with Crippen LogP contribution < -0.4 is 5.73 Å². The molecule has 4 heteroatoms. The van der Waals surface area contributed by atoms with Gasteiger partial charge in [-0.15, -0.1) is 0 Å². The van der Waals surface area contributed by atoms with E-state index in [2.05, 4.69) is 23.9 Å². The molecule has 1 aromatic heterocycles. The Morgan fingerprint density at radius 3 is 2.53 bits per heavy atom. The summed E-state index contributed by atoms with van der Waals surface area (Å²) >= 11 is 0. The lowest BCUT2D eigenvalue weighted by molar-refractivity contribution is 0.533. The smallest absolute Gasteiger partial charge is 0.175 e. The fourth-order valence-electron chi connectivity index (χ4n) is 1.47. The summed E-state index contributed by atoms with van der Waals surface area (Å²) in [4.78, 5) is 4.29. The third-order valence-corrected chi connectivity index (χ3v) is 2.43. The van der Waals surface area contributed by atoms with Crippen LogP contribution in [0.4, 0.5) is 5.82 Å². The molecule has 0 saturated carbocycles. The van der Waals surface area contributed by atoms with Gasteiger partial charge in [-0.3, -0.25) is 4.68 Å². The first-order valence-electron chi connectivity index (χ1n) is 5.61. The molecular formula is C13H16N4. The molecule has 2 N–H and O–H groups in total. The molecule has 17 heavy (non-hydrogen) atoms. The van der Waals surface area contributed by atoms with E-state index in [4.69, 9.17) is 5.73 Å². The summed E-state index contributed by atoms with van der Waals surface area (Å²) in [7, 11) is 0. The molecule has 4 nitrogen and oxygen atoms in total. The van der Waals surface area contributed by atoms with Crippen molar-refractivity contribution in [1.82, 2.24) is 9.78 Å². The minimum atomic E-state index is 0.330. The van der Waals surface area contributed by atoms with Gasteiger partial charge in [0.2, 0.25) is 0 Å². The van der Waals surface area contributed by atoms with Gasteiger partial charge >= 0.3 is 0 Å². The zero-order valence-corrected chi connectivity index (χ0v) is 10.0. The monoisotopic (exact) mass is 228 g/mol. The van der Waals surface area contributed by atoms with E-state index in [1.807, 2.05) is 47.3 Å². The van der Waals surface area contributed by atoms with E-state index in [1.54, 1.807) is 0 Å². The van der Waals surface area contributed by atoms with E-state index in [-0.39, 0.29) is 0 Å². The van der Waals surface area contributed by atoms with Crippen LogP contribution in [0.5, 0.6) is 0 Å². The van der Waals surface area contributed by atoms with Crippen LogP contribution in [0.3, 0.4) is 0 Å². The lowest BCUT2D eigenvalue weighted by Crippen LogP contribution is -2.12. The van der Waals surface area contributed by atoms with E-state index < -0.39 is 0 Å². The molecule has 0 unspecified atom stereocenters. The van der Waals surface area contributed by atoms with Crippen molar-refractivity contribution in [1.29, 1.82) is 0 Å². The van der Waals surface area contributed by atoms with E-state index in [0.29, 0.717) is 17.7 Å². The summed E-state index contributed by atoms with van der Waals surface area (Å²) in [5, 5.41) is 4.32. The molecule has 0 bridgehead atoms. The fraction of sp³-hybridized carbons (Fsp3) is 0.231. The van der Waals surface area contributed by atoms with Crippen molar-refractivity contribution < 1.29 is 0 Å². The van der Waals surface area contributed by atoms with Gasteiger partial charge in [0.1, 0.15) is 5.84 Å². The Kier molecular flexibility index (Phi) is 3.23. The second-order valence-electron chi connectivity index (χ2n) is 4.11. The third-order valence-electron chi connectivity index (χ3n) is 2.43. The van der Waals surface area contributed by atoms with E-state index >= 15 is 0 Å². The summed E-state index contributed by atoms with van der Waals surface area (Å²) < 4.78 is 1.86. The quantitative estimate of drug-likeness (QED) is 0.648. The predicted octanol–water partition coefficient (Wildman–Crippen LogP) is 2.50. The number of nitrogens with zero attached hydrogens (tertiary/aromatic N) is 3. The summed E-state index contributed by atoms with van der Waals surface area (Å²) in [5.74, 6) is 1.12. The van der Waals surface area contributed by atoms with E-state index in [1.165, 1.54) is 0 Å². The highest BCUT2D eigenvalue weighted by Gasteiger charge is 2.02. The normalized spacial score (nSPS) is 12.1. The summed E-state index contributed by atoms with van der Waals surface area (Å²) in [6.07, 6.45) is 1.90. The van der Waals surface area contributed by atoms with Gasteiger partial charge in [0.15, 0.2) is 5.82 Å². The second kappa shape index (κ2) is 4.82. The van der Waals surface area contributed by atoms with Gasteiger partial charge < -0.3 is 5.73 Å². The lowest BCUT2D eigenvalue weighted by atomic mass is 10.2. The summed E-state index contributed by atoms with van der Waals surface area (Å²) in [6, 6.07) is 11.9. The number of rotatable bonds is 3. The van der Waals surface area contributed by atoms with Crippen LogP contribution in [0.25, 0.3) is 0 Å². The Hall–Kier alpha value is -2.10. The van der Waals surface area contributed by atoms with Crippen molar-refractivity contribution in [3.8, 4) is 0 Å². The zero-order chi connectivity index (χ0) is 12.3. The summed E-state index contributed by atoms with van der Waals surface area (Å²) in [6.45, 7) is 4.14. The molecular weight excluding hydrogens is 212 g/mol. The number of benzene rings is 1. The molecule has 0 atom stereocenters. The first kappa shape index (κ1) is 11.4. The highest BCUT2D eigenvalue weighted by atomic mass is 15.3. The van der Waals surface area contributed by atoms with Crippen LogP contribution in [-0.4, -0.2) is 15.6 Å². The first-order valence-corrected chi connectivity index (χ1v) is 5.61. The van der Waals surface area contributed by atoms with E-state index in [0.717, 1.165) is 5.56 Å². The van der Waals surface area contributed by atoms with Gasteiger partial charge in [-0.25, -0.2) is 4.99 Å². The number of nitrogens with two attached hydrogens (primary N) is 1. The molecule has 2 rings (SSSR count). The van der Waals surface area contributed by atoms with Crippen molar-refractivity contribution >= 4 is 11.7 Å². The molecule has 2 aromatic rings. The van der Waals surface area contributed by atoms with Crippen molar-refractivity contribution in [3.63, 3.8) is 0 Å². The van der Waals surface area contributed by atoms with Crippen LogP contribution in [-0.2, 0) is 0 Å². The molecule has 88 valence electrons. The average Bonchev–Trinajstić information content (AvgIpc) is 2.79. The van der Waals surface area contributed by atoms with Gasteiger partial charge in [0.05, 0.1) is 0 Å². The summed E-state index contributed by atoms with van der Waals surface area (Å²) in [5.41, 5.74) is 6.82. The third kappa shape index (κ3) is 2.72. The van der Waals surface area contributed by atoms with Crippen LogP contribution in [0.15, 0.2) is 47.6 Å². The van der Waals surface area contributed by atoms with Crippen molar-refractivity contribution in [3.05, 3.63) is 48.2 Å². The second-order valence-corrected chi connectivity index (χ2v) is 4.11. The Labute approximate surface area is 101 Å². The zero-order valence-electron chi connectivity index (χ0n) is 10.0. The SMILES string of the molecule is CC(C)n1ccc(N=C(N)c2ccccc2)n1. The van der Waals surface area contributed by atoms with Crippen molar-refractivity contribution in [2.24, 2.45) is 10.7 Å². The van der Waals surface area contributed by atoms with Crippen LogP contribution in [0, 0.1) is 0 Å². The predicted molar refractivity (Wildman–Crippen MR) is 69.4 cm³/mol. The molecule has 1 aromatic carbocycles. The Morgan fingerprint density at radius 1 is 1.24 bits per heavy atom. The molecule has 0 aliphatic carbocycles. The number of hydrogen-bond donors (Lipinski definition) is 1. The average molecular weight is 228 g/mol. The standard InChI is InChI=1S/C13H16N4/c1-10(2)17-9-8-12(16-17)15-13(14)11-6-4-3-5-7-11/h3-10H,1-2H3,(H2,14,15,16). The van der Waals surface area contributed by atoms with Gasteiger partial charge in [0.25, 0.3) is 0 Å². The fourth-order valence-corrected chi connectivity index (χ4v) is 1.47. The number of amidine groups is 1. The molecule has 0 amide bonds. The molecule has 0 spiro atoms. The van der Waals surface area contributed by atoms with E-state index in [9.17, 15) is 0 Å². The maximum atomic E-state index is 5.91. The molecule has 1 heterocycles. The van der Waals surface area contributed by atoms with Gasteiger partial charge in [0, 0.05) is 23.9 Å². The molecule has 0 fully saturated rings. The number of aliphatic imine (C=N–C) groups is 1. The van der Waals surface area contributed by atoms with Gasteiger partial charge in [-0.05, 0) is 13.8 Å². The number of aromatic nitrogens is 2. The van der Waals surface area contributed by atoms with Crippen molar-refractivity contribution in [2.45, 2.75) is 19.9 Å². The highest BCUT2D eigenvalue weighted by molar-refractivity contribution is 5.98. The van der Waals surface area contributed by atoms with Gasteiger partial charge in [-0.2, -0.15) is 5.10 Å². The molecule has 0 saturated heterocycles. The molecule has 0 radical (unpaired) electrons. The van der Waals surface area contributed by atoms with Crippen LogP contribution >= 0.6 is 0 Å². The Bertz CT molecular complexity index is 511. The van der Waals surface area contributed by atoms with Crippen LogP contribution in [0.2, 0.25) is 0 Å². The minimum Gasteiger partial charge on any atom is -0.383 e. The highest BCUT2D eigenvalue weighted by Crippen LogP contribution is 2.12. The maximum absolute atomic E-state index is 5.91. The topological polar surface area (TPSA) is 56.2 Å². The lowest BCUT2D eigenvalue weighted by Gasteiger charge is -2.03. The maximum Gasteiger partial charge on any atom is 0.175 e. The Morgan fingerprint density at radius 2 is 1.94 bits per heavy atom. The molecule has 0 aliphatic heterocycles. The number of hydrogen-bond acceptors (Lipinski definition) is 2. The van der Waals surface area contributed by atoms with Gasteiger partial charge in [-0.1, -0.05) is 30.3 Å².